The van der Waals surface area contributed by atoms with Crippen LogP contribution in [0.5, 0.6) is 5.88 Å². The summed E-state index contributed by atoms with van der Waals surface area (Å²) in [6.07, 6.45) is 1.68. The highest BCUT2D eigenvalue weighted by atomic mass is 16.5. The fraction of sp³-hybridized carbons (Fsp3) is 0.438. The zero-order chi connectivity index (χ0) is 18.4. The topological polar surface area (TPSA) is 93.7 Å². The molecule has 0 bridgehead atoms. The largest absolute Gasteiger partial charge is 0.479 e. The van der Waals surface area contributed by atoms with E-state index in [1.54, 1.807) is 34.4 Å². The molecule has 4 heterocycles. The van der Waals surface area contributed by atoms with Gasteiger partial charge in [-0.2, -0.15) is 4.52 Å². The molecule has 1 amide bonds. The Kier molecular flexibility index (Phi) is 3.74. The standard InChI is InChI=1S/C16H20N8O2/c1-10-17-18-13-5-6-14(19-24(10)13)23-7-11(8-23)22(3)16(25)12-9-21(2)20-15(12)26-4/h5-6,9,11H,7-8H2,1-4H3. The van der Waals surface area contributed by atoms with Crippen molar-refractivity contribution in [2.75, 3.05) is 32.1 Å². The van der Waals surface area contributed by atoms with Crippen molar-refractivity contribution in [2.24, 2.45) is 7.05 Å². The second-order valence-corrected chi connectivity index (χ2v) is 6.41. The van der Waals surface area contributed by atoms with Crippen molar-refractivity contribution in [3.63, 3.8) is 0 Å². The lowest BCUT2D eigenvalue weighted by atomic mass is 10.1. The predicted molar refractivity (Wildman–Crippen MR) is 93.4 cm³/mol. The number of carbonyl (C=O) groups excluding carboxylic acids is 1. The maximum atomic E-state index is 12.7. The molecule has 10 heteroatoms. The zero-order valence-electron chi connectivity index (χ0n) is 15.1. The zero-order valence-corrected chi connectivity index (χ0v) is 15.1. The van der Waals surface area contributed by atoms with Crippen molar-refractivity contribution in [3.8, 4) is 5.88 Å². The Hall–Kier alpha value is -3.17. The van der Waals surface area contributed by atoms with E-state index in [2.05, 4.69) is 25.3 Å². The molecule has 1 aliphatic rings. The normalized spacial score (nSPS) is 14.5. The molecule has 0 N–H and O–H groups in total. The molecule has 1 saturated heterocycles. The molecule has 1 fully saturated rings. The Balaban J connectivity index is 1.46. The summed E-state index contributed by atoms with van der Waals surface area (Å²) in [6.45, 7) is 3.29. The van der Waals surface area contributed by atoms with Crippen LogP contribution >= 0.6 is 0 Å². The van der Waals surface area contributed by atoms with Crippen LogP contribution in [0.3, 0.4) is 0 Å². The van der Waals surface area contributed by atoms with Crippen LogP contribution in [0.2, 0.25) is 0 Å². The van der Waals surface area contributed by atoms with Gasteiger partial charge in [-0.3, -0.25) is 9.48 Å². The van der Waals surface area contributed by atoms with Gasteiger partial charge in [-0.1, -0.05) is 0 Å². The highest BCUT2D eigenvalue weighted by Crippen LogP contribution is 2.24. The van der Waals surface area contributed by atoms with Gasteiger partial charge in [0.25, 0.3) is 5.91 Å². The molecular weight excluding hydrogens is 336 g/mol. The Bertz CT molecular complexity index is 972. The van der Waals surface area contributed by atoms with E-state index < -0.39 is 0 Å². The average Bonchev–Trinajstić information content (AvgIpc) is 3.15. The first-order chi connectivity index (χ1) is 12.5. The van der Waals surface area contributed by atoms with Crippen LogP contribution in [0, 0.1) is 6.92 Å². The number of ether oxygens (including phenoxy) is 1. The van der Waals surface area contributed by atoms with E-state index in [0.717, 1.165) is 17.3 Å². The first-order valence-corrected chi connectivity index (χ1v) is 8.26. The van der Waals surface area contributed by atoms with Crippen LogP contribution in [-0.2, 0) is 7.05 Å². The van der Waals surface area contributed by atoms with Crippen molar-refractivity contribution in [1.29, 1.82) is 0 Å². The molecule has 0 aromatic carbocycles. The van der Waals surface area contributed by atoms with Gasteiger partial charge < -0.3 is 14.5 Å². The van der Waals surface area contributed by atoms with Gasteiger partial charge in [0, 0.05) is 33.4 Å². The Labute approximate surface area is 150 Å². The monoisotopic (exact) mass is 356 g/mol. The van der Waals surface area contributed by atoms with Gasteiger partial charge in [-0.25, -0.2) is 0 Å². The van der Waals surface area contributed by atoms with Crippen LogP contribution in [0.25, 0.3) is 5.65 Å². The number of rotatable bonds is 4. The Morgan fingerprint density at radius 3 is 2.77 bits per heavy atom. The molecule has 136 valence electrons. The van der Waals surface area contributed by atoms with Crippen molar-refractivity contribution < 1.29 is 9.53 Å². The minimum absolute atomic E-state index is 0.0994. The van der Waals surface area contributed by atoms with Crippen LogP contribution < -0.4 is 9.64 Å². The number of amides is 1. The first-order valence-electron chi connectivity index (χ1n) is 8.26. The van der Waals surface area contributed by atoms with Gasteiger partial charge in [-0.05, 0) is 19.1 Å². The number of hydrogen-bond acceptors (Lipinski definition) is 7. The van der Waals surface area contributed by atoms with E-state index >= 15 is 0 Å². The lowest BCUT2D eigenvalue weighted by molar-refractivity contribution is 0.0701. The van der Waals surface area contributed by atoms with E-state index in [1.807, 2.05) is 19.1 Å². The molecule has 10 nitrogen and oxygen atoms in total. The van der Waals surface area contributed by atoms with Gasteiger partial charge in [0.2, 0.25) is 5.88 Å². The van der Waals surface area contributed by atoms with Gasteiger partial charge in [0.05, 0.1) is 13.2 Å². The van der Waals surface area contributed by atoms with Crippen molar-refractivity contribution >= 4 is 17.4 Å². The number of methoxy groups -OCH3 is 1. The minimum Gasteiger partial charge on any atom is -0.479 e. The summed E-state index contributed by atoms with van der Waals surface area (Å²) < 4.78 is 8.49. The molecule has 0 atom stereocenters. The van der Waals surface area contributed by atoms with E-state index in [1.165, 1.54) is 7.11 Å². The second-order valence-electron chi connectivity index (χ2n) is 6.41. The molecule has 26 heavy (non-hydrogen) atoms. The summed E-state index contributed by atoms with van der Waals surface area (Å²) in [5.74, 6) is 1.83. The number of hydrogen-bond donors (Lipinski definition) is 0. The van der Waals surface area contributed by atoms with Gasteiger partial charge in [-0.15, -0.1) is 20.4 Å². The lowest BCUT2D eigenvalue weighted by Gasteiger charge is -2.44. The summed E-state index contributed by atoms with van der Waals surface area (Å²) in [7, 11) is 5.08. The molecule has 0 unspecified atom stereocenters. The van der Waals surface area contributed by atoms with E-state index in [4.69, 9.17) is 4.74 Å². The number of likely N-dealkylation sites (N-methyl/N-ethyl adjacent to an activating group) is 1. The van der Waals surface area contributed by atoms with Gasteiger partial charge in [0.15, 0.2) is 11.5 Å². The van der Waals surface area contributed by atoms with Gasteiger partial charge >= 0.3 is 0 Å². The number of fused-ring (bicyclic) bond motifs is 1. The first kappa shape index (κ1) is 16.3. The third kappa shape index (κ3) is 2.54. The third-order valence-electron chi connectivity index (χ3n) is 4.68. The molecule has 0 saturated carbocycles. The fourth-order valence-corrected chi connectivity index (χ4v) is 3.06. The quantitative estimate of drug-likeness (QED) is 0.656. The minimum atomic E-state index is -0.0994. The molecule has 0 aliphatic carbocycles. The fourth-order valence-electron chi connectivity index (χ4n) is 3.06. The molecule has 3 aromatic rings. The second kappa shape index (κ2) is 5.97. The van der Waals surface area contributed by atoms with Crippen LogP contribution in [0.15, 0.2) is 18.3 Å². The van der Waals surface area contributed by atoms with Crippen LogP contribution in [-0.4, -0.2) is 73.7 Å². The van der Waals surface area contributed by atoms with E-state index in [-0.39, 0.29) is 11.9 Å². The molecule has 0 spiro atoms. The van der Waals surface area contributed by atoms with Crippen molar-refractivity contribution in [2.45, 2.75) is 13.0 Å². The van der Waals surface area contributed by atoms with Crippen molar-refractivity contribution in [1.82, 2.24) is 34.5 Å². The maximum Gasteiger partial charge on any atom is 0.261 e. The number of aromatic nitrogens is 6. The predicted octanol–water partition coefficient (Wildman–Crippen LogP) is 0.136. The highest BCUT2D eigenvalue weighted by molar-refractivity contribution is 5.96. The van der Waals surface area contributed by atoms with Crippen LogP contribution in [0.4, 0.5) is 5.82 Å². The third-order valence-corrected chi connectivity index (χ3v) is 4.68. The summed E-state index contributed by atoms with van der Waals surface area (Å²) >= 11 is 0. The summed E-state index contributed by atoms with van der Waals surface area (Å²) in [5.41, 5.74) is 1.19. The summed E-state index contributed by atoms with van der Waals surface area (Å²) in [5, 5.41) is 16.8. The SMILES string of the molecule is COc1nn(C)cc1C(=O)N(C)C1CN(c2ccc3nnc(C)n3n2)C1. The lowest BCUT2D eigenvalue weighted by Crippen LogP contribution is -2.60. The van der Waals surface area contributed by atoms with Crippen molar-refractivity contribution in [3.05, 3.63) is 29.7 Å². The Morgan fingerprint density at radius 1 is 1.27 bits per heavy atom. The van der Waals surface area contributed by atoms with Crippen LogP contribution in [0.1, 0.15) is 16.2 Å². The van der Waals surface area contributed by atoms with Gasteiger partial charge in [0.1, 0.15) is 11.4 Å². The molecule has 0 radical (unpaired) electrons. The maximum absolute atomic E-state index is 12.7. The summed E-state index contributed by atoms with van der Waals surface area (Å²) in [6, 6.07) is 3.92. The number of carbonyl (C=O) groups is 1. The summed E-state index contributed by atoms with van der Waals surface area (Å²) in [4.78, 5) is 16.6. The number of anilines is 1. The highest BCUT2D eigenvalue weighted by Gasteiger charge is 2.35. The van der Waals surface area contributed by atoms with E-state index in [0.29, 0.717) is 24.5 Å². The molecule has 4 rings (SSSR count). The molecule has 3 aromatic heterocycles. The van der Waals surface area contributed by atoms with E-state index in [9.17, 15) is 4.79 Å². The number of nitrogens with zero attached hydrogens (tertiary/aromatic N) is 8. The molecule has 1 aliphatic heterocycles. The average molecular weight is 356 g/mol. The number of aryl methyl sites for hydroxylation is 2. The Morgan fingerprint density at radius 2 is 2.04 bits per heavy atom. The molecular formula is C16H20N8O2. The smallest absolute Gasteiger partial charge is 0.261 e.